The molecule has 0 aromatic heterocycles. The van der Waals surface area contributed by atoms with Crippen molar-refractivity contribution in [2.24, 2.45) is 5.92 Å². The molecule has 0 fully saturated rings. The van der Waals surface area contributed by atoms with Crippen LogP contribution < -0.4 is 0 Å². The fourth-order valence-corrected chi connectivity index (χ4v) is 5.39. The van der Waals surface area contributed by atoms with Gasteiger partial charge in [0.15, 0.2) is 0 Å². The molecular weight excluding hydrogens is 493 g/mol. The molecule has 2 aromatic rings. The lowest BCUT2D eigenvalue weighted by molar-refractivity contribution is -0.145. The molecule has 1 heterocycles. The van der Waals surface area contributed by atoms with Gasteiger partial charge in [0.05, 0.1) is 5.56 Å². The maximum Gasteiger partial charge on any atom is 0.416 e. The standard InChI is InChI=1S/C23H22BrF3O3S/c1-12-8-13(2)20(17(24)9-12)21-18(28)10-19(30-22(21)29)14(3)11-31-16-6-4-15(5-7-16)23(25,26)27/h4-9,14,19,28H,10-11H2,1-3H3. The SMILES string of the molecule is Cc1cc(C)c(C2=C(O)CC(C(C)CSc3ccc(C(F)(F)F)cc3)OC2=O)c(Br)c1. The first-order chi connectivity index (χ1) is 14.5. The Balaban J connectivity index is 1.70. The lowest BCUT2D eigenvalue weighted by atomic mass is 9.92. The van der Waals surface area contributed by atoms with E-state index in [0.717, 1.165) is 23.3 Å². The van der Waals surface area contributed by atoms with Gasteiger partial charge in [-0.1, -0.05) is 28.9 Å². The zero-order chi connectivity index (χ0) is 22.9. The molecule has 0 amide bonds. The van der Waals surface area contributed by atoms with E-state index in [0.29, 0.717) is 20.7 Å². The van der Waals surface area contributed by atoms with E-state index in [9.17, 15) is 23.1 Å². The second kappa shape index (κ2) is 9.28. The van der Waals surface area contributed by atoms with E-state index in [1.54, 1.807) is 0 Å². The molecule has 166 valence electrons. The largest absolute Gasteiger partial charge is 0.511 e. The van der Waals surface area contributed by atoms with E-state index in [1.807, 2.05) is 32.9 Å². The lowest BCUT2D eigenvalue weighted by Crippen LogP contribution is -2.32. The number of esters is 1. The molecule has 0 bridgehead atoms. The fraction of sp³-hybridized carbons (Fsp3) is 0.348. The average Bonchev–Trinajstić information content (AvgIpc) is 2.67. The number of carbonyl (C=O) groups is 1. The van der Waals surface area contributed by atoms with Crippen LogP contribution in [0.5, 0.6) is 0 Å². The molecule has 0 saturated carbocycles. The Kier molecular flexibility index (Phi) is 7.11. The van der Waals surface area contributed by atoms with E-state index in [4.69, 9.17) is 4.74 Å². The first-order valence-corrected chi connectivity index (χ1v) is 11.5. The number of thioether (sulfide) groups is 1. The Hall–Kier alpha value is -1.93. The monoisotopic (exact) mass is 514 g/mol. The average molecular weight is 515 g/mol. The predicted molar refractivity (Wildman–Crippen MR) is 119 cm³/mol. The summed E-state index contributed by atoms with van der Waals surface area (Å²) in [7, 11) is 0. The number of benzene rings is 2. The Morgan fingerprint density at radius 2 is 1.87 bits per heavy atom. The molecule has 0 radical (unpaired) electrons. The van der Waals surface area contributed by atoms with Gasteiger partial charge in [0, 0.05) is 33.0 Å². The van der Waals surface area contributed by atoms with Crippen molar-refractivity contribution in [2.75, 3.05) is 5.75 Å². The molecule has 31 heavy (non-hydrogen) atoms. The van der Waals surface area contributed by atoms with Crippen LogP contribution in [0, 0.1) is 19.8 Å². The van der Waals surface area contributed by atoms with Crippen molar-refractivity contribution in [3.05, 3.63) is 68.9 Å². The van der Waals surface area contributed by atoms with E-state index in [-0.39, 0.29) is 23.7 Å². The third-order valence-corrected chi connectivity index (χ3v) is 7.08. The summed E-state index contributed by atoms with van der Waals surface area (Å²) >= 11 is 4.86. The minimum absolute atomic E-state index is 0.0136. The number of aliphatic hydroxyl groups excluding tert-OH is 1. The number of alkyl halides is 3. The van der Waals surface area contributed by atoms with Crippen LogP contribution in [-0.2, 0) is 15.7 Å². The molecule has 0 saturated heterocycles. The maximum atomic E-state index is 12.7. The number of cyclic esters (lactones) is 1. The molecule has 2 aromatic carbocycles. The molecule has 3 rings (SSSR count). The Bertz CT molecular complexity index is 993. The first-order valence-electron chi connectivity index (χ1n) is 9.67. The summed E-state index contributed by atoms with van der Waals surface area (Å²) in [5.41, 5.74) is 1.99. The number of ether oxygens (including phenoxy) is 1. The highest BCUT2D eigenvalue weighted by molar-refractivity contribution is 9.10. The van der Waals surface area contributed by atoms with Gasteiger partial charge in [0.2, 0.25) is 0 Å². The molecule has 1 aliphatic heterocycles. The van der Waals surface area contributed by atoms with Gasteiger partial charge < -0.3 is 9.84 Å². The zero-order valence-electron chi connectivity index (χ0n) is 17.2. The van der Waals surface area contributed by atoms with Crippen LogP contribution >= 0.6 is 27.7 Å². The summed E-state index contributed by atoms with van der Waals surface area (Å²) in [6, 6.07) is 8.78. The van der Waals surface area contributed by atoms with Crippen molar-refractivity contribution in [1.29, 1.82) is 0 Å². The van der Waals surface area contributed by atoms with Crippen molar-refractivity contribution in [3.63, 3.8) is 0 Å². The van der Waals surface area contributed by atoms with Gasteiger partial charge in [-0.05, 0) is 55.3 Å². The molecule has 8 heteroatoms. The Morgan fingerprint density at radius 1 is 1.23 bits per heavy atom. The number of hydrogen-bond donors (Lipinski definition) is 1. The van der Waals surface area contributed by atoms with Gasteiger partial charge in [-0.25, -0.2) is 4.79 Å². The molecule has 2 unspecified atom stereocenters. The topological polar surface area (TPSA) is 46.5 Å². The van der Waals surface area contributed by atoms with Crippen molar-refractivity contribution in [2.45, 2.75) is 44.4 Å². The normalized spacial score (nSPS) is 18.2. The van der Waals surface area contributed by atoms with Crippen LogP contribution in [0.2, 0.25) is 0 Å². The second-order valence-electron chi connectivity index (χ2n) is 7.72. The van der Waals surface area contributed by atoms with Gasteiger partial charge >= 0.3 is 12.1 Å². The van der Waals surface area contributed by atoms with E-state index < -0.39 is 23.8 Å². The highest BCUT2D eigenvalue weighted by Gasteiger charge is 2.35. The Labute approximate surface area is 191 Å². The number of carbonyl (C=O) groups excluding carboxylic acids is 1. The maximum absolute atomic E-state index is 12.7. The Morgan fingerprint density at radius 3 is 2.42 bits per heavy atom. The minimum Gasteiger partial charge on any atom is -0.511 e. The van der Waals surface area contributed by atoms with Gasteiger partial charge in [0.1, 0.15) is 17.4 Å². The van der Waals surface area contributed by atoms with E-state index in [1.165, 1.54) is 23.9 Å². The molecule has 1 aliphatic rings. The second-order valence-corrected chi connectivity index (χ2v) is 9.67. The number of aryl methyl sites for hydroxylation is 2. The fourth-order valence-electron chi connectivity index (χ4n) is 3.52. The molecular formula is C23H22BrF3O3S. The molecule has 2 atom stereocenters. The summed E-state index contributed by atoms with van der Waals surface area (Å²) in [5, 5.41) is 10.7. The first kappa shape index (κ1) is 23.7. The summed E-state index contributed by atoms with van der Waals surface area (Å²) in [4.78, 5) is 13.4. The van der Waals surface area contributed by atoms with Crippen LogP contribution in [0.3, 0.4) is 0 Å². The van der Waals surface area contributed by atoms with Gasteiger partial charge in [-0.2, -0.15) is 13.2 Å². The van der Waals surface area contributed by atoms with Crippen molar-refractivity contribution in [3.8, 4) is 0 Å². The van der Waals surface area contributed by atoms with E-state index >= 15 is 0 Å². The van der Waals surface area contributed by atoms with Crippen molar-refractivity contribution >= 4 is 39.2 Å². The summed E-state index contributed by atoms with van der Waals surface area (Å²) in [6.07, 6.45) is -4.68. The number of halogens is 4. The molecule has 1 N–H and O–H groups in total. The molecule has 3 nitrogen and oxygen atoms in total. The van der Waals surface area contributed by atoms with Crippen LogP contribution in [0.4, 0.5) is 13.2 Å². The molecule has 0 spiro atoms. The third kappa shape index (κ3) is 5.47. The number of hydrogen-bond acceptors (Lipinski definition) is 4. The lowest BCUT2D eigenvalue weighted by Gasteiger charge is -2.29. The van der Waals surface area contributed by atoms with Gasteiger partial charge in [-0.15, -0.1) is 11.8 Å². The predicted octanol–water partition coefficient (Wildman–Crippen LogP) is 7.10. The summed E-state index contributed by atoms with van der Waals surface area (Å²) < 4.78 is 44.4. The summed E-state index contributed by atoms with van der Waals surface area (Å²) in [6.45, 7) is 5.71. The van der Waals surface area contributed by atoms with Gasteiger partial charge in [-0.3, -0.25) is 0 Å². The summed E-state index contributed by atoms with van der Waals surface area (Å²) in [5.74, 6) is -0.172. The smallest absolute Gasteiger partial charge is 0.416 e. The molecule has 0 aliphatic carbocycles. The zero-order valence-corrected chi connectivity index (χ0v) is 19.6. The minimum atomic E-state index is -4.36. The van der Waals surface area contributed by atoms with Crippen LogP contribution in [0.25, 0.3) is 5.57 Å². The van der Waals surface area contributed by atoms with Crippen LogP contribution in [0.1, 0.15) is 35.6 Å². The number of rotatable bonds is 5. The van der Waals surface area contributed by atoms with Crippen LogP contribution in [0.15, 0.2) is 51.5 Å². The highest BCUT2D eigenvalue weighted by atomic mass is 79.9. The van der Waals surface area contributed by atoms with Crippen molar-refractivity contribution < 1.29 is 27.8 Å². The highest BCUT2D eigenvalue weighted by Crippen LogP contribution is 2.37. The number of aliphatic hydroxyl groups is 1. The van der Waals surface area contributed by atoms with Crippen LogP contribution in [-0.4, -0.2) is 22.9 Å². The third-order valence-electron chi connectivity index (χ3n) is 5.16. The van der Waals surface area contributed by atoms with E-state index in [2.05, 4.69) is 15.9 Å². The van der Waals surface area contributed by atoms with Gasteiger partial charge in [0.25, 0.3) is 0 Å². The quantitative estimate of drug-likeness (QED) is 0.341. The van der Waals surface area contributed by atoms with Crippen molar-refractivity contribution in [1.82, 2.24) is 0 Å².